The topological polar surface area (TPSA) is 79.3 Å². The van der Waals surface area contributed by atoms with Gasteiger partial charge in [-0.3, -0.25) is 9.78 Å². The zero-order valence-corrected chi connectivity index (χ0v) is 14.1. The summed E-state index contributed by atoms with van der Waals surface area (Å²) in [5.74, 6) is -1.26. The molecule has 0 aliphatic heterocycles. The SMILES string of the molecule is Cc1nc(-c2ccccc2)ccc1C(=O)N[C@@H](CC(C)C)C(=O)O. The Kier molecular flexibility index (Phi) is 5.68. The highest BCUT2D eigenvalue weighted by molar-refractivity contribution is 5.97. The molecule has 24 heavy (non-hydrogen) atoms. The average molecular weight is 326 g/mol. The summed E-state index contributed by atoms with van der Waals surface area (Å²) in [7, 11) is 0. The van der Waals surface area contributed by atoms with E-state index >= 15 is 0 Å². The lowest BCUT2D eigenvalue weighted by Gasteiger charge is -2.17. The number of hydrogen-bond acceptors (Lipinski definition) is 3. The Hall–Kier alpha value is -2.69. The largest absolute Gasteiger partial charge is 0.480 e. The molecule has 126 valence electrons. The fourth-order valence-electron chi connectivity index (χ4n) is 2.50. The smallest absolute Gasteiger partial charge is 0.326 e. The van der Waals surface area contributed by atoms with Gasteiger partial charge in [0.1, 0.15) is 6.04 Å². The van der Waals surface area contributed by atoms with Crippen molar-refractivity contribution in [2.75, 3.05) is 0 Å². The fraction of sp³-hybridized carbons (Fsp3) is 0.316. The first-order valence-corrected chi connectivity index (χ1v) is 7.95. The summed E-state index contributed by atoms with van der Waals surface area (Å²) in [5.41, 5.74) is 2.71. The second kappa shape index (κ2) is 7.73. The molecule has 1 aromatic carbocycles. The predicted molar refractivity (Wildman–Crippen MR) is 92.8 cm³/mol. The molecule has 2 aromatic rings. The number of aromatic nitrogens is 1. The number of rotatable bonds is 6. The van der Waals surface area contributed by atoms with Crippen LogP contribution in [-0.2, 0) is 4.79 Å². The van der Waals surface area contributed by atoms with E-state index in [-0.39, 0.29) is 5.92 Å². The summed E-state index contributed by atoms with van der Waals surface area (Å²) in [6.07, 6.45) is 0.385. The van der Waals surface area contributed by atoms with Crippen molar-refractivity contribution in [3.05, 3.63) is 53.7 Å². The first kappa shape index (κ1) is 17.7. The summed E-state index contributed by atoms with van der Waals surface area (Å²) in [6.45, 7) is 5.59. The van der Waals surface area contributed by atoms with Crippen LogP contribution in [0.5, 0.6) is 0 Å². The molecule has 0 aliphatic rings. The molecular weight excluding hydrogens is 304 g/mol. The van der Waals surface area contributed by atoms with Crippen LogP contribution in [0, 0.1) is 12.8 Å². The van der Waals surface area contributed by atoms with Crippen molar-refractivity contribution in [1.29, 1.82) is 0 Å². The van der Waals surface area contributed by atoms with Gasteiger partial charge < -0.3 is 10.4 Å². The van der Waals surface area contributed by atoms with Crippen LogP contribution >= 0.6 is 0 Å². The number of amides is 1. The second-order valence-corrected chi connectivity index (χ2v) is 6.19. The zero-order chi connectivity index (χ0) is 17.7. The Labute approximate surface area is 141 Å². The molecule has 0 fully saturated rings. The highest BCUT2D eigenvalue weighted by atomic mass is 16.4. The van der Waals surface area contributed by atoms with Crippen LogP contribution in [-0.4, -0.2) is 28.0 Å². The molecule has 0 unspecified atom stereocenters. The third-order valence-electron chi connectivity index (χ3n) is 3.71. The monoisotopic (exact) mass is 326 g/mol. The Balaban J connectivity index is 2.19. The molecule has 0 saturated carbocycles. The number of carboxylic acids is 1. The van der Waals surface area contributed by atoms with E-state index in [1.165, 1.54) is 0 Å². The maximum absolute atomic E-state index is 12.4. The van der Waals surface area contributed by atoms with Crippen LogP contribution in [0.1, 0.15) is 36.3 Å². The number of aryl methyl sites for hydroxylation is 1. The lowest BCUT2D eigenvalue weighted by molar-refractivity contribution is -0.139. The Morgan fingerprint density at radius 2 is 1.79 bits per heavy atom. The number of carbonyl (C=O) groups excluding carboxylic acids is 1. The molecule has 0 saturated heterocycles. The molecule has 2 N–H and O–H groups in total. The normalized spacial score (nSPS) is 12.0. The summed E-state index contributed by atoms with van der Waals surface area (Å²) in [5, 5.41) is 11.8. The minimum atomic E-state index is -1.02. The van der Waals surface area contributed by atoms with Gasteiger partial charge in [-0.25, -0.2) is 4.79 Å². The van der Waals surface area contributed by atoms with Crippen molar-refractivity contribution < 1.29 is 14.7 Å². The summed E-state index contributed by atoms with van der Waals surface area (Å²) >= 11 is 0. The van der Waals surface area contributed by atoms with Gasteiger partial charge in [0.25, 0.3) is 5.91 Å². The fourth-order valence-corrected chi connectivity index (χ4v) is 2.50. The van der Waals surface area contributed by atoms with E-state index in [0.717, 1.165) is 11.3 Å². The maximum atomic E-state index is 12.4. The third kappa shape index (κ3) is 4.41. The lowest BCUT2D eigenvalue weighted by atomic mass is 10.0. The van der Waals surface area contributed by atoms with Gasteiger partial charge in [-0.05, 0) is 31.4 Å². The van der Waals surface area contributed by atoms with Crippen molar-refractivity contribution in [3.8, 4) is 11.3 Å². The molecule has 1 heterocycles. The number of hydrogen-bond donors (Lipinski definition) is 2. The van der Waals surface area contributed by atoms with Gasteiger partial charge in [-0.1, -0.05) is 44.2 Å². The van der Waals surface area contributed by atoms with Gasteiger partial charge in [0.15, 0.2) is 0 Å². The van der Waals surface area contributed by atoms with Crippen LogP contribution in [0.2, 0.25) is 0 Å². The Bertz CT molecular complexity index is 727. The molecule has 0 radical (unpaired) electrons. The molecule has 1 amide bonds. The predicted octanol–water partition coefficient (Wildman–Crippen LogP) is 3.29. The summed E-state index contributed by atoms with van der Waals surface area (Å²) in [4.78, 5) is 28.2. The van der Waals surface area contributed by atoms with E-state index < -0.39 is 17.9 Å². The van der Waals surface area contributed by atoms with E-state index in [2.05, 4.69) is 10.3 Å². The minimum absolute atomic E-state index is 0.172. The van der Waals surface area contributed by atoms with Crippen LogP contribution in [0.25, 0.3) is 11.3 Å². The van der Waals surface area contributed by atoms with Gasteiger partial charge >= 0.3 is 5.97 Å². The van der Waals surface area contributed by atoms with Crippen LogP contribution in [0.3, 0.4) is 0 Å². The molecule has 1 atom stereocenters. The van der Waals surface area contributed by atoms with E-state index in [4.69, 9.17) is 0 Å². The number of nitrogens with one attached hydrogen (secondary N) is 1. The molecule has 2 rings (SSSR count). The third-order valence-corrected chi connectivity index (χ3v) is 3.71. The minimum Gasteiger partial charge on any atom is -0.480 e. The van der Waals surface area contributed by atoms with Crippen molar-refractivity contribution in [2.24, 2.45) is 5.92 Å². The zero-order valence-electron chi connectivity index (χ0n) is 14.1. The number of benzene rings is 1. The summed E-state index contributed by atoms with van der Waals surface area (Å²) < 4.78 is 0. The molecular formula is C19H22N2O3. The van der Waals surface area contributed by atoms with Crippen LogP contribution in [0.15, 0.2) is 42.5 Å². The molecule has 5 nitrogen and oxygen atoms in total. The van der Waals surface area contributed by atoms with Gasteiger partial charge in [-0.2, -0.15) is 0 Å². The Morgan fingerprint density at radius 3 is 2.33 bits per heavy atom. The van der Waals surface area contributed by atoms with Gasteiger partial charge in [-0.15, -0.1) is 0 Å². The van der Waals surface area contributed by atoms with Crippen LogP contribution < -0.4 is 5.32 Å². The number of aliphatic carboxylic acids is 1. The maximum Gasteiger partial charge on any atom is 0.326 e. The number of nitrogens with zero attached hydrogens (tertiary/aromatic N) is 1. The van der Waals surface area contributed by atoms with Crippen LogP contribution in [0.4, 0.5) is 0 Å². The highest BCUT2D eigenvalue weighted by Gasteiger charge is 2.22. The van der Waals surface area contributed by atoms with Gasteiger partial charge in [0.2, 0.25) is 0 Å². The van der Waals surface area contributed by atoms with Gasteiger partial charge in [0, 0.05) is 5.56 Å². The molecule has 5 heteroatoms. The Morgan fingerprint density at radius 1 is 1.12 bits per heavy atom. The number of carboxylic acid groups (broad SMARTS) is 1. The molecule has 0 aliphatic carbocycles. The standard InChI is InChI=1S/C19H22N2O3/c1-12(2)11-17(19(23)24)21-18(22)15-9-10-16(20-13(15)3)14-7-5-4-6-8-14/h4-10,12,17H,11H2,1-3H3,(H,21,22)(H,23,24)/t17-/m0/s1. The van der Waals surface area contributed by atoms with Crippen molar-refractivity contribution in [2.45, 2.75) is 33.2 Å². The van der Waals surface area contributed by atoms with Crippen molar-refractivity contribution >= 4 is 11.9 Å². The number of pyridine rings is 1. The molecule has 0 spiro atoms. The van der Waals surface area contributed by atoms with E-state index in [1.807, 2.05) is 44.2 Å². The lowest BCUT2D eigenvalue weighted by Crippen LogP contribution is -2.41. The molecule has 0 bridgehead atoms. The van der Waals surface area contributed by atoms with E-state index in [9.17, 15) is 14.7 Å². The second-order valence-electron chi connectivity index (χ2n) is 6.19. The van der Waals surface area contributed by atoms with E-state index in [0.29, 0.717) is 17.7 Å². The first-order valence-electron chi connectivity index (χ1n) is 7.95. The van der Waals surface area contributed by atoms with Crippen molar-refractivity contribution in [1.82, 2.24) is 10.3 Å². The first-order chi connectivity index (χ1) is 11.4. The highest BCUT2D eigenvalue weighted by Crippen LogP contribution is 2.18. The summed E-state index contributed by atoms with van der Waals surface area (Å²) in [6, 6.07) is 12.2. The van der Waals surface area contributed by atoms with Gasteiger partial charge in [0.05, 0.1) is 17.0 Å². The quantitative estimate of drug-likeness (QED) is 0.854. The van der Waals surface area contributed by atoms with E-state index in [1.54, 1.807) is 19.1 Å². The van der Waals surface area contributed by atoms with Crippen molar-refractivity contribution in [3.63, 3.8) is 0 Å². The number of carbonyl (C=O) groups is 2. The average Bonchev–Trinajstić information content (AvgIpc) is 2.54. The molecule has 1 aromatic heterocycles.